The number of ether oxygens (including phenoxy) is 2. The van der Waals surface area contributed by atoms with Crippen LogP contribution in [0, 0.1) is 0 Å². The van der Waals surface area contributed by atoms with Crippen molar-refractivity contribution in [2.24, 2.45) is 0 Å². The number of methoxy groups -OCH3 is 2. The summed E-state index contributed by atoms with van der Waals surface area (Å²) in [5.41, 5.74) is 7.67. The summed E-state index contributed by atoms with van der Waals surface area (Å²) in [5, 5.41) is 9.50. The highest BCUT2D eigenvalue weighted by atomic mass is 16.5. The second-order valence-electron chi connectivity index (χ2n) is 4.79. The molecule has 0 aliphatic carbocycles. The van der Waals surface area contributed by atoms with Gasteiger partial charge in [0.2, 0.25) is 0 Å². The molecule has 5 heteroatoms. The normalized spacial score (nSPS) is 19.3. The Morgan fingerprint density at radius 2 is 1.95 bits per heavy atom. The third-order valence-electron chi connectivity index (χ3n) is 3.68. The van der Waals surface area contributed by atoms with E-state index in [1.165, 1.54) is 0 Å². The van der Waals surface area contributed by atoms with Gasteiger partial charge in [-0.1, -0.05) is 0 Å². The second-order valence-corrected chi connectivity index (χ2v) is 4.79. The first-order valence-corrected chi connectivity index (χ1v) is 6.60. The maximum absolute atomic E-state index is 9.50. The topological polar surface area (TPSA) is 68.0 Å². The molecule has 0 spiro atoms. The molecule has 19 heavy (non-hydrogen) atoms. The zero-order chi connectivity index (χ0) is 13.8. The lowest BCUT2D eigenvalue weighted by molar-refractivity contribution is 0.240. The summed E-state index contributed by atoms with van der Waals surface area (Å²) in [6, 6.07) is 3.80. The van der Waals surface area contributed by atoms with E-state index in [-0.39, 0.29) is 12.6 Å². The van der Waals surface area contributed by atoms with Crippen LogP contribution < -0.4 is 20.1 Å². The Kier molecular flexibility index (Phi) is 4.37. The van der Waals surface area contributed by atoms with Gasteiger partial charge in [0.05, 0.1) is 38.2 Å². The molecule has 0 bridgehead atoms. The molecule has 1 aliphatic rings. The van der Waals surface area contributed by atoms with Gasteiger partial charge in [0, 0.05) is 18.7 Å². The molecule has 1 saturated heterocycles. The second kappa shape index (κ2) is 6.02. The predicted molar refractivity (Wildman–Crippen MR) is 76.0 cm³/mol. The Morgan fingerprint density at radius 1 is 1.26 bits per heavy atom. The minimum absolute atomic E-state index is 0.133. The van der Waals surface area contributed by atoms with E-state index in [0.717, 1.165) is 31.5 Å². The highest BCUT2D eigenvalue weighted by Gasteiger charge is 2.24. The number of nitrogen functional groups attached to an aromatic ring is 1. The summed E-state index contributed by atoms with van der Waals surface area (Å²) in [6.07, 6.45) is 3.25. The van der Waals surface area contributed by atoms with Crippen molar-refractivity contribution in [1.29, 1.82) is 0 Å². The van der Waals surface area contributed by atoms with Crippen molar-refractivity contribution >= 4 is 11.4 Å². The number of rotatable bonds is 4. The van der Waals surface area contributed by atoms with Gasteiger partial charge in [-0.2, -0.15) is 0 Å². The largest absolute Gasteiger partial charge is 0.493 e. The van der Waals surface area contributed by atoms with E-state index in [9.17, 15) is 5.11 Å². The minimum atomic E-state index is 0.133. The average Bonchev–Trinajstić information content (AvgIpc) is 2.46. The van der Waals surface area contributed by atoms with Crippen molar-refractivity contribution in [3.8, 4) is 11.5 Å². The summed E-state index contributed by atoms with van der Waals surface area (Å²) in [7, 11) is 3.20. The first-order valence-electron chi connectivity index (χ1n) is 6.60. The molecule has 2 rings (SSSR count). The highest BCUT2D eigenvalue weighted by molar-refractivity contribution is 5.73. The van der Waals surface area contributed by atoms with Crippen molar-refractivity contribution in [1.82, 2.24) is 0 Å². The van der Waals surface area contributed by atoms with E-state index in [2.05, 4.69) is 4.90 Å². The fourth-order valence-electron chi connectivity index (χ4n) is 2.64. The van der Waals surface area contributed by atoms with Crippen molar-refractivity contribution in [3.05, 3.63) is 12.1 Å². The maximum Gasteiger partial charge on any atom is 0.162 e. The van der Waals surface area contributed by atoms with E-state index in [4.69, 9.17) is 15.2 Å². The molecule has 1 aliphatic heterocycles. The monoisotopic (exact) mass is 266 g/mol. The van der Waals surface area contributed by atoms with Gasteiger partial charge < -0.3 is 25.2 Å². The van der Waals surface area contributed by atoms with Gasteiger partial charge in [-0.05, 0) is 19.3 Å². The highest BCUT2D eigenvalue weighted by Crippen LogP contribution is 2.38. The Hall–Kier alpha value is -1.62. The molecule has 3 N–H and O–H groups in total. The number of nitrogens with zero attached hydrogens (tertiary/aromatic N) is 1. The van der Waals surface area contributed by atoms with Crippen molar-refractivity contribution in [3.63, 3.8) is 0 Å². The molecular formula is C14H22N2O3. The van der Waals surface area contributed by atoms with Crippen LogP contribution in [0.5, 0.6) is 11.5 Å². The molecule has 1 aromatic rings. The SMILES string of the molecule is COc1cc(N)c(N2CCCCC2CO)cc1OC. The van der Waals surface area contributed by atoms with Gasteiger partial charge in [0.1, 0.15) is 0 Å². The van der Waals surface area contributed by atoms with E-state index >= 15 is 0 Å². The van der Waals surface area contributed by atoms with Gasteiger partial charge in [0.15, 0.2) is 11.5 Å². The summed E-state index contributed by atoms with van der Waals surface area (Å²) in [5.74, 6) is 1.29. The van der Waals surface area contributed by atoms with Crippen LogP contribution >= 0.6 is 0 Å². The molecule has 5 nitrogen and oxygen atoms in total. The summed E-state index contributed by atoms with van der Waals surface area (Å²) in [6.45, 7) is 1.05. The van der Waals surface area contributed by atoms with Gasteiger partial charge in [-0.3, -0.25) is 0 Å². The molecule has 0 amide bonds. The number of piperidine rings is 1. The van der Waals surface area contributed by atoms with E-state index in [1.54, 1.807) is 20.3 Å². The molecule has 0 radical (unpaired) electrons. The Balaban J connectivity index is 2.37. The zero-order valence-corrected chi connectivity index (χ0v) is 11.6. The van der Waals surface area contributed by atoms with Crippen LogP contribution in [-0.4, -0.2) is 38.5 Å². The van der Waals surface area contributed by atoms with Crippen molar-refractivity contribution in [2.75, 3.05) is 38.0 Å². The number of hydrogen-bond donors (Lipinski definition) is 2. The molecular weight excluding hydrogens is 244 g/mol. The quantitative estimate of drug-likeness (QED) is 0.811. The average molecular weight is 266 g/mol. The fourth-order valence-corrected chi connectivity index (χ4v) is 2.64. The van der Waals surface area contributed by atoms with Gasteiger partial charge >= 0.3 is 0 Å². The van der Waals surface area contributed by atoms with Crippen LogP contribution in [0.25, 0.3) is 0 Å². The number of benzene rings is 1. The molecule has 1 unspecified atom stereocenters. The molecule has 0 saturated carbocycles. The number of nitrogens with two attached hydrogens (primary N) is 1. The lowest BCUT2D eigenvalue weighted by atomic mass is 10.0. The fraction of sp³-hybridized carbons (Fsp3) is 0.571. The van der Waals surface area contributed by atoms with Crippen LogP contribution in [0.4, 0.5) is 11.4 Å². The van der Waals surface area contributed by atoms with Crippen LogP contribution in [0.2, 0.25) is 0 Å². The first-order chi connectivity index (χ1) is 9.21. The third-order valence-corrected chi connectivity index (χ3v) is 3.68. The molecule has 0 aromatic heterocycles. The summed E-state index contributed by atoms with van der Waals surface area (Å²) >= 11 is 0. The molecule has 1 aromatic carbocycles. The lowest BCUT2D eigenvalue weighted by Crippen LogP contribution is -2.42. The minimum Gasteiger partial charge on any atom is -0.493 e. The van der Waals surface area contributed by atoms with E-state index in [0.29, 0.717) is 17.2 Å². The zero-order valence-electron chi connectivity index (χ0n) is 11.6. The van der Waals surface area contributed by atoms with Gasteiger partial charge in [0.25, 0.3) is 0 Å². The van der Waals surface area contributed by atoms with Crippen molar-refractivity contribution in [2.45, 2.75) is 25.3 Å². The predicted octanol–water partition coefficient (Wildman–Crippen LogP) is 1.64. The van der Waals surface area contributed by atoms with E-state index < -0.39 is 0 Å². The van der Waals surface area contributed by atoms with Crippen LogP contribution in [0.1, 0.15) is 19.3 Å². The van der Waals surface area contributed by atoms with Crippen molar-refractivity contribution < 1.29 is 14.6 Å². The Labute approximate surface area is 113 Å². The molecule has 1 atom stereocenters. The number of anilines is 2. The molecule has 1 fully saturated rings. The standard InChI is InChI=1S/C14H22N2O3/c1-18-13-7-11(15)12(8-14(13)19-2)16-6-4-3-5-10(16)9-17/h7-8,10,17H,3-6,9,15H2,1-2H3. The summed E-state index contributed by atoms with van der Waals surface area (Å²) in [4.78, 5) is 2.17. The van der Waals surface area contributed by atoms with E-state index in [1.807, 2.05) is 6.07 Å². The molecule has 1 heterocycles. The number of aliphatic hydroxyl groups is 1. The van der Waals surface area contributed by atoms with Gasteiger partial charge in [-0.15, -0.1) is 0 Å². The molecule has 106 valence electrons. The Morgan fingerprint density at radius 3 is 2.58 bits per heavy atom. The smallest absolute Gasteiger partial charge is 0.162 e. The number of aliphatic hydroxyl groups excluding tert-OH is 1. The van der Waals surface area contributed by atoms with Crippen LogP contribution in [0.3, 0.4) is 0 Å². The summed E-state index contributed by atoms with van der Waals surface area (Å²) < 4.78 is 10.6. The van der Waals surface area contributed by atoms with Crippen LogP contribution in [0.15, 0.2) is 12.1 Å². The number of hydrogen-bond acceptors (Lipinski definition) is 5. The van der Waals surface area contributed by atoms with Crippen LogP contribution in [-0.2, 0) is 0 Å². The third kappa shape index (κ3) is 2.71. The first kappa shape index (κ1) is 13.8. The lowest BCUT2D eigenvalue weighted by Gasteiger charge is -2.37. The maximum atomic E-state index is 9.50. The van der Waals surface area contributed by atoms with Gasteiger partial charge in [-0.25, -0.2) is 0 Å². The Bertz CT molecular complexity index is 437.